The Kier molecular flexibility index (Phi) is 7.89. The summed E-state index contributed by atoms with van der Waals surface area (Å²) in [6.45, 7) is 2.63. The molecule has 2 heterocycles. The van der Waals surface area contributed by atoms with E-state index in [1.807, 2.05) is 31.2 Å². The first-order valence-electron chi connectivity index (χ1n) is 11.2. The topological polar surface area (TPSA) is 103 Å². The summed E-state index contributed by atoms with van der Waals surface area (Å²) in [5.41, 5.74) is 1.90. The first-order valence-corrected chi connectivity index (χ1v) is 12.4. The van der Waals surface area contributed by atoms with Crippen LogP contribution >= 0.6 is 11.8 Å². The molecule has 1 unspecified atom stereocenters. The minimum Gasteiger partial charge on any atom is -0.493 e. The molecular weight excluding hydrogens is 452 g/mol. The predicted octanol–water partition coefficient (Wildman–Crippen LogP) is 3.23. The summed E-state index contributed by atoms with van der Waals surface area (Å²) in [6, 6.07) is 7.28. The molecule has 1 amide bonds. The Bertz CT molecular complexity index is 1100. The third-order valence-electron chi connectivity index (χ3n) is 5.48. The SMILES string of the molecule is COc1ccc(CSCC(Nc2cc(C)nc(-n3ccnc3)n2)C(=O)NCC2CC2)cc1OC. The summed E-state index contributed by atoms with van der Waals surface area (Å²) in [5, 5.41) is 6.42. The lowest BCUT2D eigenvalue weighted by Crippen LogP contribution is -2.42. The second-order valence-corrected chi connectivity index (χ2v) is 9.28. The minimum absolute atomic E-state index is 0.0212. The lowest BCUT2D eigenvalue weighted by Gasteiger charge is -2.19. The van der Waals surface area contributed by atoms with Gasteiger partial charge >= 0.3 is 0 Å². The number of hydrogen-bond acceptors (Lipinski definition) is 8. The van der Waals surface area contributed by atoms with E-state index in [4.69, 9.17) is 9.47 Å². The van der Waals surface area contributed by atoms with Crippen molar-refractivity contribution < 1.29 is 14.3 Å². The number of carbonyl (C=O) groups is 1. The number of imidazole rings is 1. The molecule has 0 aliphatic heterocycles. The fourth-order valence-corrected chi connectivity index (χ4v) is 4.44. The van der Waals surface area contributed by atoms with Crippen LogP contribution in [-0.2, 0) is 10.5 Å². The predicted molar refractivity (Wildman–Crippen MR) is 133 cm³/mol. The lowest BCUT2D eigenvalue weighted by atomic mass is 10.2. The first kappa shape index (κ1) is 23.9. The summed E-state index contributed by atoms with van der Waals surface area (Å²) in [5.74, 6) is 4.41. The van der Waals surface area contributed by atoms with Crippen molar-refractivity contribution in [2.45, 2.75) is 31.6 Å². The van der Waals surface area contributed by atoms with Crippen LogP contribution in [0.4, 0.5) is 5.82 Å². The number of hydrogen-bond donors (Lipinski definition) is 2. The third-order valence-corrected chi connectivity index (χ3v) is 6.59. The number of amides is 1. The first-order chi connectivity index (χ1) is 16.6. The molecular formula is C24H30N6O3S. The molecule has 10 heteroatoms. The highest BCUT2D eigenvalue weighted by Crippen LogP contribution is 2.29. The van der Waals surface area contributed by atoms with E-state index < -0.39 is 6.04 Å². The molecule has 1 fully saturated rings. The minimum atomic E-state index is -0.436. The second-order valence-electron chi connectivity index (χ2n) is 8.25. The highest BCUT2D eigenvalue weighted by atomic mass is 32.2. The van der Waals surface area contributed by atoms with E-state index in [2.05, 4.69) is 25.6 Å². The number of aromatic nitrogens is 4. The number of benzene rings is 1. The number of nitrogens with zero attached hydrogens (tertiary/aromatic N) is 4. The van der Waals surface area contributed by atoms with Gasteiger partial charge in [0.15, 0.2) is 11.5 Å². The zero-order valence-electron chi connectivity index (χ0n) is 19.7. The number of rotatable bonds is 12. The zero-order chi connectivity index (χ0) is 23.9. The van der Waals surface area contributed by atoms with Gasteiger partial charge in [-0.3, -0.25) is 9.36 Å². The molecule has 9 nitrogen and oxygen atoms in total. The van der Waals surface area contributed by atoms with Crippen molar-refractivity contribution in [3.05, 3.63) is 54.2 Å². The van der Waals surface area contributed by atoms with Gasteiger partial charge in [-0.15, -0.1) is 0 Å². The van der Waals surface area contributed by atoms with E-state index in [9.17, 15) is 4.79 Å². The molecule has 0 bridgehead atoms. The molecule has 0 saturated heterocycles. The molecule has 2 N–H and O–H groups in total. The average Bonchev–Trinajstić information content (AvgIpc) is 3.51. The van der Waals surface area contributed by atoms with Crippen LogP contribution in [0.3, 0.4) is 0 Å². The highest BCUT2D eigenvalue weighted by Gasteiger charge is 2.25. The van der Waals surface area contributed by atoms with Gasteiger partial charge in [-0.25, -0.2) is 9.97 Å². The van der Waals surface area contributed by atoms with Crippen molar-refractivity contribution in [2.24, 2.45) is 5.92 Å². The van der Waals surface area contributed by atoms with Gasteiger partial charge < -0.3 is 20.1 Å². The average molecular weight is 483 g/mol. The molecule has 0 spiro atoms. The van der Waals surface area contributed by atoms with Crippen molar-refractivity contribution in [1.82, 2.24) is 24.8 Å². The number of methoxy groups -OCH3 is 2. The second kappa shape index (κ2) is 11.2. The molecule has 180 valence electrons. The fraction of sp³-hybridized carbons (Fsp3) is 0.417. The molecule has 1 saturated carbocycles. The molecule has 34 heavy (non-hydrogen) atoms. The van der Waals surface area contributed by atoms with Crippen LogP contribution in [-0.4, -0.2) is 58.0 Å². The molecule has 1 aliphatic rings. The summed E-state index contributed by atoms with van der Waals surface area (Å²) in [6.07, 6.45) is 7.49. The Morgan fingerprint density at radius 1 is 1.21 bits per heavy atom. The smallest absolute Gasteiger partial charge is 0.243 e. The van der Waals surface area contributed by atoms with E-state index in [0.29, 0.717) is 34.9 Å². The van der Waals surface area contributed by atoms with Gasteiger partial charge in [0.1, 0.15) is 18.2 Å². The van der Waals surface area contributed by atoms with Gasteiger partial charge in [-0.05, 0) is 43.4 Å². The van der Waals surface area contributed by atoms with E-state index in [1.165, 1.54) is 12.8 Å². The van der Waals surface area contributed by atoms with Crippen LogP contribution < -0.4 is 20.1 Å². The Labute approximate surface area is 203 Å². The Morgan fingerprint density at radius 2 is 2.03 bits per heavy atom. The Hall–Kier alpha value is -3.27. The molecule has 1 aliphatic carbocycles. The molecule has 2 aromatic heterocycles. The van der Waals surface area contributed by atoms with Gasteiger partial charge in [-0.2, -0.15) is 16.7 Å². The standard InChI is InChI=1S/C24H30N6O3S/c1-16-10-22(29-24(27-16)30-9-8-25-15-30)28-19(23(31)26-12-17-4-5-17)14-34-13-18-6-7-20(32-2)21(11-18)33-3/h6-11,15,17,19H,4-5,12-14H2,1-3H3,(H,26,31)(H,27,28,29). The lowest BCUT2D eigenvalue weighted by molar-refractivity contribution is -0.121. The van der Waals surface area contributed by atoms with Crippen LogP contribution in [0.25, 0.3) is 5.95 Å². The number of anilines is 1. The summed E-state index contributed by atoms with van der Waals surface area (Å²) in [4.78, 5) is 26.2. The summed E-state index contributed by atoms with van der Waals surface area (Å²) < 4.78 is 12.5. The van der Waals surface area contributed by atoms with Gasteiger partial charge in [0.05, 0.1) is 14.2 Å². The van der Waals surface area contributed by atoms with Crippen molar-refractivity contribution in [2.75, 3.05) is 31.8 Å². The van der Waals surface area contributed by atoms with Crippen LogP contribution in [0.2, 0.25) is 0 Å². The van der Waals surface area contributed by atoms with Crippen LogP contribution in [0.5, 0.6) is 11.5 Å². The van der Waals surface area contributed by atoms with Gasteiger partial charge in [0.2, 0.25) is 11.9 Å². The third kappa shape index (κ3) is 6.40. The van der Waals surface area contributed by atoms with Crippen molar-refractivity contribution in [3.8, 4) is 17.4 Å². The van der Waals surface area contributed by atoms with Gasteiger partial charge in [0, 0.05) is 42.2 Å². The monoisotopic (exact) mass is 482 g/mol. The number of thioether (sulfide) groups is 1. The maximum absolute atomic E-state index is 13.0. The van der Waals surface area contributed by atoms with Gasteiger partial charge in [0.25, 0.3) is 0 Å². The largest absolute Gasteiger partial charge is 0.493 e. The normalized spacial score (nSPS) is 13.9. The highest BCUT2D eigenvalue weighted by molar-refractivity contribution is 7.98. The quantitative estimate of drug-likeness (QED) is 0.406. The van der Waals surface area contributed by atoms with Crippen molar-refractivity contribution in [1.29, 1.82) is 0 Å². The Morgan fingerprint density at radius 3 is 2.74 bits per heavy atom. The molecule has 1 aromatic carbocycles. The van der Waals surface area contributed by atoms with Gasteiger partial charge in [-0.1, -0.05) is 6.07 Å². The van der Waals surface area contributed by atoms with E-state index in [1.54, 1.807) is 49.3 Å². The zero-order valence-corrected chi connectivity index (χ0v) is 20.5. The summed E-state index contributed by atoms with van der Waals surface area (Å²) >= 11 is 1.67. The number of aryl methyl sites for hydroxylation is 1. The Balaban J connectivity index is 1.44. The molecule has 1 atom stereocenters. The van der Waals surface area contributed by atoms with Crippen molar-refractivity contribution in [3.63, 3.8) is 0 Å². The molecule has 3 aromatic rings. The van der Waals surface area contributed by atoms with Crippen molar-refractivity contribution >= 4 is 23.5 Å². The van der Waals surface area contributed by atoms with Crippen LogP contribution in [0.1, 0.15) is 24.1 Å². The maximum Gasteiger partial charge on any atom is 0.243 e. The van der Waals surface area contributed by atoms with Crippen LogP contribution in [0.15, 0.2) is 43.0 Å². The molecule has 0 radical (unpaired) electrons. The maximum atomic E-state index is 13.0. The van der Waals surface area contributed by atoms with Crippen LogP contribution in [0, 0.1) is 12.8 Å². The summed E-state index contributed by atoms with van der Waals surface area (Å²) in [7, 11) is 3.25. The number of carbonyl (C=O) groups excluding carboxylic acids is 1. The number of nitrogens with one attached hydrogen (secondary N) is 2. The molecule has 4 rings (SSSR count). The van der Waals surface area contributed by atoms with E-state index in [0.717, 1.165) is 23.6 Å². The number of ether oxygens (including phenoxy) is 2. The van der Waals surface area contributed by atoms with E-state index >= 15 is 0 Å². The fourth-order valence-electron chi connectivity index (χ4n) is 3.44. The van der Waals surface area contributed by atoms with E-state index in [-0.39, 0.29) is 5.91 Å².